The molecule has 0 aliphatic heterocycles. The van der Waals surface area contributed by atoms with Crippen LogP contribution in [0, 0.1) is 5.82 Å². The van der Waals surface area contributed by atoms with E-state index in [0.717, 1.165) is 0 Å². The molecular weight excluding hydrogens is 303 g/mol. The van der Waals surface area contributed by atoms with Gasteiger partial charge in [0.25, 0.3) is 5.91 Å². The van der Waals surface area contributed by atoms with Crippen molar-refractivity contribution in [3.63, 3.8) is 0 Å². The average molecular weight is 317 g/mol. The molecule has 0 atom stereocenters. The molecule has 2 rings (SSSR count). The van der Waals surface area contributed by atoms with Crippen molar-refractivity contribution in [1.29, 1.82) is 0 Å². The van der Waals surface area contributed by atoms with Crippen LogP contribution in [-0.4, -0.2) is 11.6 Å². The van der Waals surface area contributed by atoms with Crippen molar-refractivity contribution in [2.75, 3.05) is 0 Å². The number of rotatable bonds is 4. The Balaban J connectivity index is 2.01. The first-order valence-corrected chi connectivity index (χ1v) is 6.97. The predicted molar refractivity (Wildman–Crippen MR) is 87.5 cm³/mol. The highest BCUT2D eigenvalue weighted by Gasteiger charge is 2.04. The smallest absolute Gasteiger partial charge is 0.267 e. The highest BCUT2D eigenvalue weighted by Crippen LogP contribution is 2.10. The summed E-state index contributed by atoms with van der Waals surface area (Å²) in [6.45, 7) is 1.70. The van der Waals surface area contributed by atoms with Gasteiger partial charge in [-0.1, -0.05) is 41.9 Å². The van der Waals surface area contributed by atoms with Crippen LogP contribution in [0.25, 0.3) is 6.08 Å². The van der Waals surface area contributed by atoms with Crippen molar-refractivity contribution in [3.05, 3.63) is 76.6 Å². The second-order valence-corrected chi connectivity index (χ2v) is 5.00. The summed E-state index contributed by atoms with van der Waals surface area (Å²) in [6.07, 6.45) is 3.22. The standard InChI is InChI=1S/C17H14ClFN2O/c1-12(9-10-13-5-2-3-8-16(13)19)20-21-17(22)14-6-4-7-15(18)11-14/h2-11H,1H3,(H,21,22). The van der Waals surface area contributed by atoms with E-state index < -0.39 is 0 Å². The topological polar surface area (TPSA) is 41.5 Å². The van der Waals surface area contributed by atoms with Crippen LogP contribution < -0.4 is 5.43 Å². The number of nitrogens with one attached hydrogen (secondary N) is 1. The van der Waals surface area contributed by atoms with E-state index in [-0.39, 0.29) is 11.7 Å². The molecule has 0 bridgehead atoms. The normalized spacial score (nSPS) is 11.7. The first-order valence-electron chi connectivity index (χ1n) is 6.59. The Morgan fingerprint density at radius 2 is 2.00 bits per heavy atom. The highest BCUT2D eigenvalue weighted by atomic mass is 35.5. The van der Waals surface area contributed by atoms with Crippen molar-refractivity contribution in [2.24, 2.45) is 5.10 Å². The number of allylic oxidation sites excluding steroid dienone is 1. The number of hydrogen-bond acceptors (Lipinski definition) is 2. The maximum atomic E-state index is 13.4. The molecule has 0 aromatic heterocycles. The molecule has 0 aliphatic rings. The highest BCUT2D eigenvalue weighted by molar-refractivity contribution is 6.30. The van der Waals surface area contributed by atoms with Crippen molar-refractivity contribution >= 4 is 29.3 Å². The van der Waals surface area contributed by atoms with Crippen LogP contribution in [0.1, 0.15) is 22.8 Å². The molecule has 2 aromatic rings. The molecule has 2 aromatic carbocycles. The van der Waals surface area contributed by atoms with Gasteiger partial charge in [-0.2, -0.15) is 5.10 Å². The van der Waals surface area contributed by atoms with Crippen LogP contribution in [0.4, 0.5) is 4.39 Å². The van der Waals surface area contributed by atoms with Crippen molar-refractivity contribution < 1.29 is 9.18 Å². The number of carbonyl (C=O) groups is 1. The van der Waals surface area contributed by atoms with Gasteiger partial charge in [0.15, 0.2) is 0 Å². The minimum atomic E-state index is -0.360. The van der Waals surface area contributed by atoms with Crippen LogP contribution in [-0.2, 0) is 0 Å². The first-order chi connectivity index (χ1) is 10.6. The summed E-state index contributed by atoms with van der Waals surface area (Å²) in [4.78, 5) is 11.9. The zero-order valence-corrected chi connectivity index (χ0v) is 12.6. The molecule has 0 aliphatic carbocycles. The zero-order chi connectivity index (χ0) is 15.9. The number of hydrazone groups is 1. The lowest BCUT2D eigenvalue weighted by molar-refractivity contribution is 0.0955. The van der Waals surface area contributed by atoms with Gasteiger partial charge in [0.1, 0.15) is 5.82 Å². The minimum Gasteiger partial charge on any atom is -0.267 e. The van der Waals surface area contributed by atoms with E-state index in [1.807, 2.05) is 0 Å². The number of hydrogen-bond donors (Lipinski definition) is 1. The summed E-state index contributed by atoms with van der Waals surface area (Å²) >= 11 is 5.82. The predicted octanol–water partition coefficient (Wildman–Crippen LogP) is 4.30. The number of halogens is 2. The fourth-order valence-corrected chi connectivity index (χ4v) is 1.88. The number of amides is 1. The maximum absolute atomic E-state index is 13.4. The molecule has 0 saturated heterocycles. The lowest BCUT2D eigenvalue weighted by Gasteiger charge is -2.01. The van der Waals surface area contributed by atoms with E-state index in [1.165, 1.54) is 6.07 Å². The lowest BCUT2D eigenvalue weighted by Crippen LogP contribution is -2.18. The number of carbonyl (C=O) groups excluding carboxylic acids is 1. The Morgan fingerprint density at radius 3 is 2.73 bits per heavy atom. The second kappa shape index (κ2) is 7.52. The molecule has 112 valence electrons. The van der Waals surface area contributed by atoms with Gasteiger partial charge in [-0.05, 0) is 37.3 Å². The van der Waals surface area contributed by atoms with Gasteiger partial charge in [-0.3, -0.25) is 4.79 Å². The fraction of sp³-hybridized carbons (Fsp3) is 0.0588. The van der Waals surface area contributed by atoms with E-state index >= 15 is 0 Å². The Morgan fingerprint density at radius 1 is 1.23 bits per heavy atom. The van der Waals surface area contributed by atoms with E-state index in [9.17, 15) is 9.18 Å². The SMILES string of the molecule is CC(C=Cc1ccccc1F)=NNC(=O)c1cccc(Cl)c1. The molecule has 0 heterocycles. The molecule has 0 radical (unpaired) electrons. The molecular formula is C17H14ClFN2O. The summed E-state index contributed by atoms with van der Waals surface area (Å²) in [6, 6.07) is 13.0. The van der Waals surface area contributed by atoms with E-state index in [1.54, 1.807) is 61.5 Å². The van der Waals surface area contributed by atoms with Crippen molar-refractivity contribution in [1.82, 2.24) is 5.43 Å². The Kier molecular flexibility index (Phi) is 5.44. The molecule has 0 unspecified atom stereocenters. The van der Waals surface area contributed by atoms with Gasteiger partial charge in [0, 0.05) is 16.1 Å². The minimum absolute atomic E-state index is 0.311. The Labute approximate surface area is 133 Å². The summed E-state index contributed by atoms with van der Waals surface area (Å²) < 4.78 is 13.4. The van der Waals surface area contributed by atoms with Crippen LogP contribution in [0.5, 0.6) is 0 Å². The largest absolute Gasteiger partial charge is 0.271 e. The molecule has 5 heteroatoms. The van der Waals surface area contributed by atoms with Gasteiger partial charge in [-0.15, -0.1) is 0 Å². The van der Waals surface area contributed by atoms with Gasteiger partial charge < -0.3 is 0 Å². The molecule has 0 fully saturated rings. The molecule has 3 nitrogen and oxygen atoms in total. The molecule has 1 amide bonds. The Hall–Kier alpha value is -2.46. The van der Waals surface area contributed by atoms with Crippen molar-refractivity contribution in [2.45, 2.75) is 6.92 Å². The first kappa shape index (κ1) is 15.9. The average Bonchev–Trinajstić information content (AvgIpc) is 2.52. The van der Waals surface area contributed by atoms with Gasteiger partial charge in [-0.25, -0.2) is 9.82 Å². The van der Waals surface area contributed by atoms with Gasteiger partial charge in [0.05, 0.1) is 5.71 Å². The summed E-state index contributed by atoms with van der Waals surface area (Å²) in [5, 5.41) is 4.42. The van der Waals surface area contributed by atoms with E-state index in [0.29, 0.717) is 21.9 Å². The Bertz CT molecular complexity index is 741. The van der Waals surface area contributed by atoms with Crippen LogP contribution in [0.2, 0.25) is 5.02 Å². The zero-order valence-electron chi connectivity index (χ0n) is 11.9. The molecule has 1 N–H and O–H groups in total. The maximum Gasteiger partial charge on any atom is 0.271 e. The van der Waals surface area contributed by atoms with Crippen LogP contribution in [0.15, 0.2) is 59.7 Å². The number of benzene rings is 2. The van der Waals surface area contributed by atoms with E-state index in [4.69, 9.17) is 11.6 Å². The van der Waals surface area contributed by atoms with Crippen LogP contribution in [0.3, 0.4) is 0 Å². The third-order valence-corrected chi connectivity index (χ3v) is 3.07. The summed E-state index contributed by atoms with van der Waals surface area (Å²) in [5.41, 5.74) is 3.84. The quantitative estimate of drug-likeness (QED) is 0.663. The van der Waals surface area contributed by atoms with Crippen LogP contribution >= 0.6 is 11.6 Å². The lowest BCUT2D eigenvalue weighted by atomic mass is 10.2. The fourth-order valence-electron chi connectivity index (χ4n) is 1.69. The monoisotopic (exact) mass is 316 g/mol. The van der Waals surface area contributed by atoms with E-state index in [2.05, 4.69) is 10.5 Å². The van der Waals surface area contributed by atoms with Crippen molar-refractivity contribution in [3.8, 4) is 0 Å². The third-order valence-electron chi connectivity index (χ3n) is 2.83. The summed E-state index contributed by atoms with van der Waals surface area (Å²) in [7, 11) is 0. The molecule has 0 saturated carbocycles. The molecule has 22 heavy (non-hydrogen) atoms. The summed E-state index contributed by atoms with van der Waals surface area (Å²) in [5.74, 6) is -0.671. The van der Waals surface area contributed by atoms with Gasteiger partial charge >= 0.3 is 0 Å². The second-order valence-electron chi connectivity index (χ2n) is 4.56. The van der Waals surface area contributed by atoms with Gasteiger partial charge in [0.2, 0.25) is 0 Å². The molecule has 0 spiro atoms. The number of nitrogens with zero attached hydrogens (tertiary/aromatic N) is 1. The third kappa shape index (κ3) is 4.53.